The molecule has 4 nitrogen and oxygen atoms in total. The molecule has 0 saturated carbocycles. The standard InChI is InChI=1S/C9H10N2O2/c1-6(12)11-4-7-2-9(13)10-3-8(7)5-11/h2-3H,4-5H2,1H3,(H,10,13). The van der Waals surface area contributed by atoms with Crippen LogP contribution >= 0.6 is 0 Å². The van der Waals surface area contributed by atoms with Gasteiger partial charge in [-0.25, -0.2) is 0 Å². The average Bonchev–Trinajstić information content (AvgIpc) is 2.46. The summed E-state index contributed by atoms with van der Waals surface area (Å²) in [5, 5.41) is 0. The smallest absolute Gasteiger partial charge is 0.248 e. The highest BCUT2D eigenvalue weighted by atomic mass is 16.2. The second kappa shape index (κ2) is 2.73. The summed E-state index contributed by atoms with van der Waals surface area (Å²) in [5.74, 6) is 0.0450. The van der Waals surface area contributed by atoms with Crippen LogP contribution in [0.4, 0.5) is 0 Å². The van der Waals surface area contributed by atoms with Gasteiger partial charge in [0.15, 0.2) is 0 Å². The van der Waals surface area contributed by atoms with E-state index < -0.39 is 0 Å². The van der Waals surface area contributed by atoms with Crippen molar-refractivity contribution in [2.24, 2.45) is 0 Å². The lowest BCUT2D eigenvalue weighted by molar-refractivity contribution is -0.129. The highest BCUT2D eigenvalue weighted by Gasteiger charge is 2.20. The Hall–Kier alpha value is -1.58. The number of carbonyl (C=O) groups excluding carboxylic acids is 1. The molecule has 0 unspecified atom stereocenters. The summed E-state index contributed by atoms with van der Waals surface area (Å²) in [6.07, 6.45) is 1.68. The van der Waals surface area contributed by atoms with Crippen LogP contribution in [0.15, 0.2) is 17.1 Å². The minimum Gasteiger partial charge on any atom is -0.334 e. The van der Waals surface area contributed by atoms with Crippen molar-refractivity contribution in [3.8, 4) is 0 Å². The Labute approximate surface area is 75.2 Å². The Morgan fingerprint density at radius 1 is 1.46 bits per heavy atom. The van der Waals surface area contributed by atoms with Gasteiger partial charge >= 0.3 is 0 Å². The Bertz CT molecular complexity index is 408. The SMILES string of the molecule is CC(=O)N1Cc2c[nH]c(=O)cc2C1. The van der Waals surface area contributed by atoms with E-state index in [-0.39, 0.29) is 11.5 Å². The largest absolute Gasteiger partial charge is 0.334 e. The summed E-state index contributed by atoms with van der Waals surface area (Å²) < 4.78 is 0. The summed E-state index contributed by atoms with van der Waals surface area (Å²) in [4.78, 5) is 26.3. The van der Waals surface area contributed by atoms with Crippen LogP contribution in [0.3, 0.4) is 0 Å². The molecule has 2 heterocycles. The normalized spacial score (nSPS) is 14.4. The van der Waals surface area contributed by atoms with E-state index in [9.17, 15) is 9.59 Å². The maximum absolute atomic E-state index is 11.0. The van der Waals surface area contributed by atoms with Crippen molar-refractivity contribution in [1.29, 1.82) is 0 Å². The van der Waals surface area contributed by atoms with Crippen molar-refractivity contribution in [3.05, 3.63) is 33.7 Å². The van der Waals surface area contributed by atoms with Gasteiger partial charge in [-0.1, -0.05) is 0 Å². The van der Waals surface area contributed by atoms with Gasteiger partial charge in [0.05, 0.1) is 0 Å². The van der Waals surface area contributed by atoms with Gasteiger partial charge in [0.2, 0.25) is 11.5 Å². The van der Waals surface area contributed by atoms with Crippen molar-refractivity contribution in [2.45, 2.75) is 20.0 Å². The zero-order valence-corrected chi connectivity index (χ0v) is 7.33. The molecule has 1 N–H and O–H groups in total. The second-order valence-electron chi connectivity index (χ2n) is 3.22. The molecule has 0 radical (unpaired) electrons. The summed E-state index contributed by atoms with van der Waals surface area (Å²) >= 11 is 0. The lowest BCUT2D eigenvalue weighted by atomic mass is 10.2. The number of H-pyrrole nitrogens is 1. The van der Waals surface area contributed by atoms with Crippen LogP contribution in [-0.2, 0) is 17.9 Å². The Balaban J connectivity index is 2.35. The van der Waals surface area contributed by atoms with Crippen LogP contribution in [0.1, 0.15) is 18.1 Å². The summed E-state index contributed by atoms with van der Waals surface area (Å²) in [6, 6.07) is 1.55. The Kier molecular flexibility index (Phi) is 1.69. The van der Waals surface area contributed by atoms with Gasteiger partial charge in [0.1, 0.15) is 0 Å². The molecule has 0 aromatic carbocycles. The predicted molar refractivity (Wildman–Crippen MR) is 47.0 cm³/mol. The van der Waals surface area contributed by atoms with Gasteiger partial charge < -0.3 is 9.88 Å². The molecule has 0 aliphatic carbocycles. The lowest BCUT2D eigenvalue weighted by Gasteiger charge is -2.10. The number of hydrogen-bond donors (Lipinski definition) is 1. The van der Waals surface area contributed by atoms with Crippen molar-refractivity contribution < 1.29 is 4.79 Å². The van der Waals surface area contributed by atoms with Crippen LogP contribution in [-0.4, -0.2) is 15.8 Å². The molecule has 4 heteroatoms. The zero-order chi connectivity index (χ0) is 9.42. The number of carbonyl (C=O) groups is 1. The lowest BCUT2D eigenvalue weighted by Crippen LogP contribution is -2.21. The minimum atomic E-state index is -0.107. The molecule has 1 amide bonds. The monoisotopic (exact) mass is 178 g/mol. The third-order valence-electron chi connectivity index (χ3n) is 2.27. The summed E-state index contributed by atoms with van der Waals surface area (Å²) in [6.45, 7) is 2.71. The fourth-order valence-corrected chi connectivity index (χ4v) is 1.53. The van der Waals surface area contributed by atoms with E-state index in [0.29, 0.717) is 13.1 Å². The van der Waals surface area contributed by atoms with Crippen molar-refractivity contribution in [1.82, 2.24) is 9.88 Å². The molecule has 0 spiro atoms. The molecule has 0 saturated heterocycles. The molecule has 1 aromatic heterocycles. The molecular formula is C9H10N2O2. The Morgan fingerprint density at radius 3 is 2.85 bits per heavy atom. The zero-order valence-electron chi connectivity index (χ0n) is 7.33. The second-order valence-corrected chi connectivity index (χ2v) is 3.22. The van der Waals surface area contributed by atoms with E-state index in [0.717, 1.165) is 11.1 Å². The maximum Gasteiger partial charge on any atom is 0.248 e. The van der Waals surface area contributed by atoms with Crippen molar-refractivity contribution in [3.63, 3.8) is 0 Å². The maximum atomic E-state index is 11.0. The van der Waals surface area contributed by atoms with Crippen molar-refractivity contribution in [2.75, 3.05) is 0 Å². The van der Waals surface area contributed by atoms with E-state index in [1.807, 2.05) is 0 Å². The number of aromatic amines is 1. The fraction of sp³-hybridized carbons (Fsp3) is 0.333. The molecule has 1 aliphatic rings. The first-order valence-corrected chi connectivity index (χ1v) is 4.13. The van der Waals surface area contributed by atoms with Gasteiger partial charge in [0.25, 0.3) is 0 Å². The van der Waals surface area contributed by atoms with Crippen LogP contribution in [0.5, 0.6) is 0 Å². The molecule has 1 aromatic rings. The van der Waals surface area contributed by atoms with E-state index in [2.05, 4.69) is 4.98 Å². The first kappa shape index (κ1) is 8.04. The molecule has 0 bridgehead atoms. The van der Waals surface area contributed by atoms with Gasteiger partial charge in [-0.15, -0.1) is 0 Å². The number of pyridine rings is 1. The number of hydrogen-bond acceptors (Lipinski definition) is 2. The number of aromatic nitrogens is 1. The van der Waals surface area contributed by atoms with Crippen LogP contribution in [0, 0.1) is 0 Å². The van der Waals surface area contributed by atoms with Crippen LogP contribution < -0.4 is 5.56 Å². The van der Waals surface area contributed by atoms with Gasteiger partial charge in [-0.2, -0.15) is 0 Å². The molecular weight excluding hydrogens is 168 g/mol. The predicted octanol–water partition coefficient (Wildman–Crippen LogP) is 0.237. The minimum absolute atomic E-state index is 0.0450. The molecule has 0 fully saturated rings. The topological polar surface area (TPSA) is 53.2 Å². The van der Waals surface area contributed by atoms with Gasteiger partial charge in [-0.3, -0.25) is 9.59 Å². The fourth-order valence-electron chi connectivity index (χ4n) is 1.53. The van der Waals surface area contributed by atoms with E-state index in [1.165, 1.54) is 6.92 Å². The highest BCUT2D eigenvalue weighted by molar-refractivity contribution is 5.74. The summed E-state index contributed by atoms with van der Waals surface area (Å²) in [7, 11) is 0. The number of amides is 1. The van der Waals surface area contributed by atoms with Gasteiger partial charge in [0, 0.05) is 32.3 Å². The van der Waals surface area contributed by atoms with E-state index in [4.69, 9.17) is 0 Å². The van der Waals surface area contributed by atoms with Gasteiger partial charge in [-0.05, 0) is 11.1 Å². The van der Waals surface area contributed by atoms with Crippen LogP contribution in [0.25, 0.3) is 0 Å². The number of fused-ring (bicyclic) bond motifs is 1. The third-order valence-corrected chi connectivity index (χ3v) is 2.27. The van der Waals surface area contributed by atoms with E-state index in [1.54, 1.807) is 17.2 Å². The number of nitrogens with zero attached hydrogens (tertiary/aromatic N) is 1. The number of nitrogens with one attached hydrogen (secondary N) is 1. The first-order chi connectivity index (χ1) is 6.16. The number of rotatable bonds is 0. The quantitative estimate of drug-likeness (QED) is 0.618. The average molecular weight is 178 g/mol. The summed E-state index contributed by atoms with van der Waals surface area (Å²) in [5.41, 5.74) is 1.89. The van der Waals surface area contributed by atoms with Crippen molar-refractivity contribution >= 4 is 5.91 Å². The molecule has 2 rings (SSSR count). The van der Waals surface area contributed by atoms with Crippen LogP contribution in [0.2, 0.25) is 0 Å². The molecule has 13 heavy (non-hydrogen) atoms. The molecule has 0 atom stereocenters. The third kappa shape index (κ3) is 1.35. The van der Waals surface area contributed by atoms with E-state index >= 15 is 0 Å². The Morgan fingerprint density at radius 2 is 2.15 bits per heavy atom. The highest BCUT2D eigenvalue weighted by Crippen LogP contribution is 2.19. The molecule has 68 valence electrons. The first-order valence-electron chi connectivity index (χ1n) is 4.13. The molecule has 1 aliphatic heterocycles.